The summed E-state index contributed by atoms with van der Waals surface area (Å²) in [4.78, 5) is 13.5. The lowest BCUT2D eigenvalue weighted by Gasteiger charge is -2.34. The Kier molecular flexibility index (Phi) is 6.69. The zero-order valence-corrected chi connectivity index (χ0v) is 18.8. The molecule has 1 atom stereocenters. The second-order valence-corrected chi connectivity index (χ2v) is 9.49. The van der Waals surface area contributed by atoms with Crippen molar-refractivity contribution in [3.63, 3.8) is 0 Å². The summed E-state index contributed by atoms with van der Waals surface area (Å²) in [5.74, 6) is -0.698. The molecular weight excluding hydrogens is 473 g/mol. The molecule has 0 radical (unpaired) electrons. The molecule has 174 valence electrons. The van der Waals surface area contributed by atoms with Crippen molar-refractivity contribution in [2.24, 2.45) is 10.2 Å². The van der Waals surface area contributed by atoms with Gasteiger partial charge in [-0.25, -0.2) is 4.79 Å². The molecule has 0 bridgehead atoms. The normalized spacial score (nSPS) is 16.8. The van der Waals surface area contributed by atoms with E-state index in [9.17, 15) is 26.4 Å². The molecule has 15 heteroatoms. The van der Waals surface area contributed by atoms with Crippen LogP contribution in [0.25, 0.3) is 0 Å². The number of carbonyl (C=O) groups is 1. The number of ether oxygens (including phenoxy) is 1. The Morgan fingerprint density at radius 3 is 2.72 bits per heavy atom. The molecule has 0 saturated heterocycles. The predicted molar refractivity (Wildman–Crippen MR) is 111 cm³/mol. The number of halogens is 3. The van der Waals surface area contributed by atoms with Crippen LogP contribution in [0, 0.1) is 0 Å². The molecule has 0 spiro atoms. The van der Waals surface area contributed by atoms with Gasteiger partial charge in [-0.15, -0.1) is 20.4 Å². The first-order valence-electron chi connectivity index (χ1n) is 9.34. The third-order valence-corrected chi connectivity index (χ3v) is 6.61. The van der Waals surface area contributed by atoms with Gasteiger partial charge in [0.1, 0.15) is 5.69 Å². The number of benzene rings is 1. The van der Waals surface area contributed by atoms with Crippen LogP contribution in [-0.2, 0) is 21.2 Å². The maximum absolute atomic E-state index is 12.9. The molecule has 0 aliphatic carbocycles. The highest BCUT2D eigenvalue weighted by Gasteiger charge is 2.46. The van der Waals surface area contributed by atoms with Crippen LogP contribution in [0.5, 0.6) is 0 Å². The lowest BCUT2D eigenvalue weighted by atomic mass is 9.96. The number of aromatic nitrogens is 2. The van der Waals surface area contributed by atoms with Crippen molar-refractivity contribution in [2.75, 3.05) is 23.3 Å². The monoisotopic (exact) mass is 492 g/mol. The second-order valence-electron chi connectivity index (χ2n) is 6.86. The van der Waals surface area contributed by atoms with Gasteiger partial charge in [-0.1, -0.05) is 11.3 Å². The number of azo groups is 1. The number of hydrogen-bond donors (Lipinski definition) is 1. The van der Waals surface area contributed by atoms with Gasteiger partial charge in [-0.2, -0.15) is 21.6 Å². The number of rotatable bonds is 6. The Morgan fingerprint density at radius 2 is 2.06 bits per heavy atom. The molecule has 32 heavy (non-hydrogen) atoms. The molecule has 3 rings (SSSR count). The van der Waals surface area contributed by atoms with E-state index >= 15 is 0 Å². The third kappa shape index (κ3) is 4.98. The van der Waals surface area contributed by atoms with Crippen molar-refractivity contribution in [1.29, 1.82) is 0 Å². The van der Waals surface area contributed by atoms with E-state index in [4.69, 9.17) is 4.74 Å². The van der Waals surface area contributed by atoms with Gasteiger partial charge in [-0.05, 0) is 44.4 Å². The number of anilines is 2. The Morgan fingerprint density at radius 1 is 1.34 bits per heavy atom. The quantitative estimate of drug-likeness (QED) is 0.474. The molecule has 0 amide bonds. The summed E-state index contributed by atoms with van der Waals surface area (Å²) in [5, 5.41) is 14.9. The van der Waals surface area contributed by atoms with Crippen LogP contribution >= 0.6 is 11.3 Å². The van der Waals surface area contributed by atoms with Gasteiger partial charge in [0.2, 0.25) is 5.01 Å². The summed E-state index contributed by atoms with van der Waals surface area (Å²) in [6.07, 6.45) is 1.43. The van der Waals surface area contributed by atoms with Gasteiger partial charge < -0.3 is 9.64 Å². The minimum Gasteiger partial charge on any atom is -0.461 e. The van der Waals surface area contributed by atoms with Crippen LogP contribution in [0.15, 0.2) is 22.4 Å². The highest BCUT2D eigenvalue weighted by Crippen LogP contribution is 2.40. The van der Waals surface area contributed by atoms with Gasteiger partial charge in [-0.3, -0.25) is 4.72 Å². The van der Waals surface area contributed by atoms with E-state index in [1.54, 1.807) is 18.7 Å². The Labute approximate surface area is 185 Å². The molecule has 2 heterocycles. The maximum atomic E-state index is 12.9. The number of nitrogens with zero attached hydrogens (tertiary/aromatic N) is 5. The van der Waals surface area contributed by atoms with Crippen molar-refractivity contribution in [3.8, 4) is 0 Å². The van der Waals surface area contributed by atoms with E-state index < -0.39 is 21.5 Å². The molecular formula is C17H19F3N6O4S2. The predicted octanol–water partition coefficient (Wildman–Crippen LogP) is 4.16. The number of aryl methyl sites for hydroxylation is 1. The number of hydrogen-bond acceptors (Lipinski definition) is 10. The van der Waals surface area contributed by atoms with Gasteiger partial charge in [0, 0.05) is 18.8 Å². The summed E-state index contributed by atoms with van der Waals surface area (Å²) >= 11 is 0.769. The van der Waals surface area contributed by atoms with E-state index in [-0.39, 0.29) is 34.2 Å². The average Bonchev–Trinajstić information content (AvgIpc) is 3.18. The van der Waals surface area contributed by atoms with E-state index in [1.807, 2.05) is 11.8 Å². The number of sulfonamides is 1. The van der Waals surface area contributed by atoms with Crippen molar-refractivity contribution in [3.05, 3.63) is 22.7 Å². The van der Waals surface area contributed by atoms with Crippen LogP contribution in [0.4, 0.5) is 35.4 Å². The van der Waals surface area contributed by atoms with E-state index in [1.165, 1.54) is 12.1 Å². The summed E-state index contributed by atoms with van der Waals surface area (Å²) in [5.41, 5.74) is -4.67. The van der Waals surface area contributed by atoms with Crippen LogP contribution < -0.4 is 9.62 Å². The number of carbonyl (C=O) groups excluding carboxylic acids is 1. The lowest BCUT2D eigenvalue weighted by Crippen LogP contribution is -2.34. The Bertz CT molecular complexity index is 1150. The summed E-state index contributed by atoms with van der Waals surface area (Å²) < 4.78 is 68.6. The summed E-state index contributed by atoms with van der Waals surface area (Å²) in [6.45, 7) is 3.71. The molecule has 1 aliphatic rings. The fourth-order valence-corrected chi connectivity index (χ4v) is 4.07. The smallest absolute Gasteiger partial charge is 0.461 e. The lowest BCUT2D eigenvalue weighted by molar-refractivity contribution is -0.0429. The first-order chi connectivity index (χ1) is 14.9. The first-order valence-corrected chi connectivity index (χ1v) is 11.6. The SMILES string of the molecule is CCOC(=O)c1nnc(N=Nc2cc3c(cc2NS(=O)(=O)C(F)(F)F)N(C)C(C)CC3)s1. The topological polar surface area (TPSA) is 126 Å². The highest BCUT2D eigenvalue weighted by molar-refractivity contribution is 7.93. The fourth-order valence-electron chi connectivity index (χ4n) is 2.94. The molecule has 0 saturated carbocycles. The van der Waals surface area contributed by atoms with Crippen molar-refractivity contribution in [2.45, 2.75) is 38.2 Å². The van der Waals surface area contributed by atoms with Crippen molar-refractivity contribution >= 4 is 49.5 Å². The molecule has 1 unspecified atom stereocenters. The molecule has 1 aliphatic heterocycles. The van der Waals surface area contributed by atoms with Crippen LogP contribution in [0.2, 0.25) is 0 Å². The maximum Gasteiger partial charge on any atom is 0.516 e. The molecule has 0 fully saturated rings. The minimum atomic E-state index is -5.68. The van der Waals surface area contributed by atoms with Gasteiger partial charge in [0.15, 0.2) is 0 Å². The van der Waals surface area contributed by atoms with Crippen molar-refractivity contribution in [1.82, 2.24) is 10.2 Å². The molecule has 10 nitrogen and oxygen atoms in total. The average molecular weight is 493 g/mol. The summed E-state index contributed by atoms with van der Waals surface area (Å²) in [6, 6.07) is 2.89. The number of nitrogens with one attached hydrogen (secondary N) is 1. The number of fused-ring (bicyclic) bond motifs is 1. The zero-order chi connectivity index (χ0) is 23.7. The standard InChI is InChI=1S/C17H19F3N6O4S2/c1-4-30-15(27)14-22-24-16(31-14)23-21-11-7-10-6-5-9(2)26(3)13(10)8-12(11)25-32(28,29)17(18,19)20/h7-9,25H,4-6H2,1-3H3. The van der Waals surface area contributed by atoms with Crippen LogP contribution in [0.1, 0.15) is 35.6 Å². The number of esters is 1. The molecule has 1 N–H and O–H groups in total. The Balaban J connectivity index is 2.00. The first kappa shape index (κ1) is 23.8. The van der Waals surface area contributed by atoms with Crippen LogP contribution in [0.3, 0.4) is 0 Å². The van der Waals surface area contributed by atoms with Gasteiger partial charge in [0.25, 0.3) is 5.13 Å². The van der Waals surface area contributed by atoms with Crippen LogP contribution in [-0.4, -0.2) is 49.8 Å². The second kappa shape index (κ2) is 8.97. The van der Waals surface area contributed by atoms with Gasteiger partial charge in [0.05, 0.1) is 12.3 Å². The van der Waals surface area contributed by atoms with E-state index in [0.717, 1.165) is 23.3 Å². The minimum absolute atomic E-state index is 0.0545. The van der Waals surface area contributed by atoms with E-state index in [0.29, 0.717) is 12.1 Å². The molecule has 2 aromatic rings. The summed E-state index contributed by atoms with van der Waals surface area (Å²) in [7, 11) is -3.92. The molecule has 1 aromatic carbocycles. The Hall–Kier alpha value is -2.81. The molecule has 1 aromatic heterocycles. The zero-order valence-electron chi connectivity index (χ0n) is 17.2. The fraction of sp³-hybridized carbons (Fsp3) is 0.471. The van der Waals surface area contributed by atoms with Crippen molar-refractivity contribution < 1.29 is 31.1 Å². The number of alkyl halides is 3. The van der Waals surface area contributed by atoms with Gasteiger partial charge >= 0.3 is 21.5 Å². The highest BCUT2D eigenvalue weighted by atomic mass is 32.2. The van der Waals surface area contributed by atoms with E-state index in [2.05, 4.69) is 20.4 Å². The largest absolute Gasteiger partial charge is 0.516 e. The third-order valence-electron chi connectivity index (χ3n) is 4.73.